The standard InChI is InChI=1S/C24H42N2O2/c1-2-3-4-5-6-7-8-9-10-11-12-13-14-15-16-17-22-28-25-23-24-18-20-26(27)21-19-24/h18-21,23H,2-17,22H2,1H3/b25-23-. The van der Waals surface area contributed by atoms with Gasteiger partial charge in [-0.15, -0.1) is 0 Å². The van der Waals surface area contributed by atoms with Crippen molar-refractivity contribution in [2.45, 2.75) is 110 Å². The van der Waals surface area contributed by atoms with Crippen LogP contribution < -0.4 is 4.73 Å². The second kappa shape index (κ2) is 18.8. The Bertz CT molecular complexity index is 474. The second-order valence-electron chi connectivity index (χ2n) is 7.86. The van der Waals surface area contributed by atoms with Gasteiger partial charge in [-0.05, 0) is 12.8 Å². The molecule has 4 nitrogen and oxygen atoms in total. The van der Waals surface area contributed by atoms with Crippen molar-refractivity contribution in [1.29, 1.82) is 0 Å². The number of rotatable bonds is 19. The molecule has 1 heterocycles. The van der Waals surface area contributed by atoms with Gasteiger partial charge in [-0.25, -0.2) is 0 Å². The highest BCUT2D eigenvalue weighted by Gasteiger charge is 1.95. The minimum Gasteiger partial charge on any atom is -0.619 e. The van der Waals surface area contributed by atoms with Crippen molar-refractivity contribution < 1.29 is 9.57 Å². The van der Waals surface area contributed by atoms with Crippen molar-refractivity contribution in [3.63, 3.8) is 0 Å². The smallest absolute Gasteiger partial charge is 0.181 e. The Hall–Kier alpha value is -1.58. The largest absolute Gasteiger partial charge is 0.619 e. The fourth-order valence-electron chi connectivity index (χ4n) is 3.38. The zero-order valence-corrected chi connectivity index (χ0v) is 18.1. The van der Waals surface area contributed by atoms with Gasteiger partial charge >= 0.3 is 0 Å². The summed E-state index contributed by atoms with van der Waals surface area (Å²) in [4.78, 5) is 5.27. The molecule has 0 radical (unpaired) electrons. The molecule has 0 saturated heterocycles. The van der Waals surface area contributed by atoms with Crippen LogP contribution in [0.2, 0.25) is 0 Å². The number of hydrogen-bond acceptors (Lipinski definition) is 3. The van der Waals surface area contributed by atoms with Crippen LogP contribution in [-0.4, -0.2) is 12.8 Å². The summed E-state index contributed by atoms with van der Waals surface area (Å²) in [5.74, 6) is 0. The van der Waals surface area contributed by atoms with Crippen molar-refractivity contribution in [2.75, 3.05) is 6.61 Å². The zero-order chi connectivity index (χ0) is 20.1. The fraction of sp³-hybridized carbons (Fsp3) is 0.750. The molecule has 1 rings (SSSR count). The predicted molar refractivity (Wildman–Crippen MR) is 118 cm³/mol. The lowest BCUT2D eigenvalue weighted by Crippen LogP contribution is -2.23. The molecule has 0 N–H and O–H groups in total. The molecule has 1 aromatic rings. The van der Waals surface area contributed by atoms with E-state index >= 15 is 0 Å². The van der Waals surface area contributed by atoms with E-state index in [0.29, 0.717) is 6.61 Å². The highest BCUT2D eigenvalue weighted by atomic mass is 16.6. The average Bonchev–Trinajstić information content (AvgIpc) is 2.71. The van der Waals surface area contributed by atoms with Crippen molar-refractivity contribution in [3.05, 3.63) is 35.3 Å². The summed E-state index contributed by atoms with van der Waals surface area (Å²) in [6.45, 7) is 2.95. The Morgan fingerprint density at radius 1 is 0.750 bits per heavy atom. The molecule has 0 fully saturated rings. The minimum atomic E-state index is 0.670. The Morgan fingerprint density at radius 3 is 1.64 bits per heavy atom. The van der Waals surface area contributed by atoms with Gasteiger partial charge in [0.2, 0.25) is 0 Å². The summed E-state index contributed by atoms with van der Waals surface area (Å²) in [6.07, 6.45) is 26.5. The van der Waals surface area contributed by atoms with Gasteiger partial charge in [-0.1, -0.05) is 102 Å². The maximum atomic E-state index is 10.9. The summed E-state index contributed by atoms with van der Waals surface area (Å²) >= 11 is 0. The second-order valence-corrected chi connectivity index (χ2v) is 7.86. The van der Waals surface area contributed by atoms with Gasteiger partial charge in [0.1, 0.15) is 6.61 Å². The van der Waals surface area contributed by atoms with E-state index in [-0.39, 0.29) is 0 Å². The number of pyridine rings is 1. The van der Waals surface area contributed by atoms with Crippen LogP contribution in [0.3, 0.4) is 0 Å². The maximum absolute atomic E-state index is 10.9. The van der Waals surface area contributed by atoms with Crippen LogP contribution in [0.4, 0.5) is 0 Å². The van der Waals surface area contributed by atoms with E-state index in [2.05, 4.69) is 12.1 Å². The number of nitrogens with zero attached hydrogens (tertiary/aromatic N) is 2. The third kappa shape index (κ3) is 15.5. The van der Waals surface area contributed by atoms with E-state index in [9.17, 15) is 5.21 Å². The minimum absolute atomic E-state index is 0.670. The van der Waals surface area contributed by atoms with Crippen LogP contribution in [0.5, 0.6) is 0 Å². The lowest BCUT2D eigenvalue weighted by Gasteiger charge is -2.03. The van der Waals surface area contributed by atoms with E-state index in [1.165, 1.54) is 109 Å². The topological polar surface area (TPSA) is 48.5 Å². The van der Waals surface area contributed by atoms with E-state index in [4.69, 9.17) is 4.84 Å². The van der Waals surface area contributed by atoms with Crippen molar-refractivity contribution in [1.82, 2.24) is 0 Å². The van der Waals surface area contributed by atoms with Crippen LogP contribution in [0.15, 0.2) is 29.7 Å². The Labute approximate surface area is 173 Å². The number of hydrogen-bond donors (Lipinski definition) is 0. The lowest BCUT2D eigenvalue weighted by atomic mass is 10.0. The Balaban J connectivity index is 1.74. The zero-order valence-electron chi connectivity index (χ0n) is 18.1. The van der Waals surface area contributed by atoms with Crippen LogP contribution in [0.1, 0.15) is 115 Å². The summed E-state index contributed by atoms with van der Waals surface area (Å²) < 4.78 is 0.759. The molecule has 1 aromatic heterocycles. The predicted octanol–water partition coefficient (Wildman–Crippen LogP) is 6.93. The van der Waals surface area contributed by atoms with Crippen molar-refractivity contribution >= 4 is 6.21 Å². The lowest BCUT2D eigenvalue weighted by molar-refractivity contribution is -0.605. The molecule has 0 atom stereocenters. The number of aromatic nitrogens is 1. The third-order valence-corrected chi connectivity index (χ3v) is 5.19. The van der Waals surface area contributed by atoms with E-state index in [1.807, 2.05) is 0 Å². The van der Waals surface area contributed by atoms with Crippen molar-refractivity contribution in [3.8, 4) is 0 Å². The number of unbranched alkanes of at least 4 members (excludes halogenated alkanes) is 15. The van der Waals surface area contributed by atoms with E-state index < -0.39 is 0 Å². The summed E-state index contributed by atoms with van der Waals surface area (Å²) in [5, 5.41) is 14.9. The Kier molecular flexibility index (Phi) is 16.4. The molecule has 4 heteroatoms. The SMILES string of the molecule is CCCCCCCCCCCCCCCCCCO/N=C\c1cc[n+]([O-])cc1. The number of oxime groups is 1. The highest BCUT2D eigenvalue weighted by molar-refractivity contribution is 5.78. The monoisotopic (exact) mass is 390 g/mol. The van der Waals surface area contributed by atoms with Gasteiger partial charge < -0.3 is 10.0 Å². The first kappa shape index (κ1) is 24.5. The normalized spacial score (nSPS) is 11.3. The molecular formula is C24H42N2O2. The average molecular weight is 391 g/mol. The van der Waals surface area contributed by atoms with Gasteiger partial charge in [-0.3, -0.25) is 0 Å². The van der Waals surface area contributed by atoms with Gasteiger partial charge in [0, 0.05) is 17.7 Å². The molecule has 0 amide bonds. The van der Waals surface area contributed by atoms with Gasteiger partial charge in [-0.2, -0.15) is 4.73 Å². The summed E-state index contributed by atoms with van der Waals surface area (Å²) in [7, 11) is 0. The van der Waals surface area contributed by atoms with Crippen molar-refractivity contribution in [2.24, 2.45) is 5.16 Å². The van der Waals surface area contributed by atoms with Crippen LogP contribution >= 0.6 is 0 Å². The van der Waals surface area contributed by atoms with Crippen LogP contribution in [-0.2, 0) is 4.84 Å². The molecule has 0 bridgehead atoms. The first-order valence-electron chi connectivity index (χ1n) is 11.7. The van der Waals surface area contributed by atoms with E-state index in [0.717, 1.165) is 16.7 Å². The quantitative estimate of drug-likeness (QED) is 0.0845. The van der Waals surface area contributed by atoms with Gasteiger partial charge in [0.25, 0.3) is 0 Å². The molecule has 0 spiro atoms. The first-order chi connectivity index (χ1) is 13.8. The molecule has 0 aliphatic rings. The molecule has 0 aromatic carbocycles. The molecule has 0 saturated carbocycles. The fourth-order valence-corrected chi connectivity index (χ4v) is 3.38. The van der Waals surface area contributed by atoms with Gasteiger partial charge in [0.05, 0.1) is 6.21 Å². The first-order valence-corrected chi connectivity index (χ1v) is 11.7. The summed E-state index contributed by atoms with van der Waals surface area (Å²) in [6, 6.07) is 3.43. The molecular weight excluding hydrogens is 348 g/mol. The summed E-state index contributed by atoms with van der Waals surface area (Å²) in [5.41, 5.74) is 0.874. The van der Waals surface area contributed by atoms with E-state index in [1.54, 1.807) is 18.3 Å². The molecule has 0 aliphatic heterocycles. The maximum Gasteiger partial charge on any atom is 0.181 e. The molecule has 160 valence electrons. The molecule has 28 heavy (non-hydrogen) atoms. The van der Waals surface area contributed by atoms with Crippen LogP contribution in [0, 0.1) is 5.21 Å². The van der Waals surface area contributed by atoms with Gasteiger partial charge in [0.15, 0.2) is 12.4 Å². The third-order valence-electron chi connectivity index (χ3n) is 5.19. The van der Waals surface area contributed by atoms with Crippen LogP contribution in [0.25, 0.3) is 0 Å². The highest BCUT2D eigenvalue weighted by Crippen LogP contribution is 2.13. The Morgan fingerprint density at radius 2 is 1.18 bits per heavy atom. The molecule has 0 unspecified atom stereocenters. The molecule has 0 aliphatic carbocycles.